The maximum atomic E-state index is 12.4. The van der Waals surface area contributed by atoms with Gasteiger partial charge in [0.25, 0.3) is 11.8 Å². The molecule has 3 rings (SSSR count). The van der Waals surface area contributed by atoms with E-state index in [0.717, 1.165) is 35.7 Å². The van der Waals surface area contributed by atoms with E-state index in [2.05, 4.69) is 5.32 Å². The molecular weight excluding hydrogens is 354 g/mol. The second-order valence-electron chi connectivity index (χ2n) is 6.16. The lowest BCUT2D eigenvalue weighted by Crippen LogP contribution is -3.12. The lowest BCUT2D eigenvalue weighted by atomic mass is 9.99. The third kappa shape index (κ3) is 3.81. The van der Waals surface area contributed by atoms with E-state index in [4.69, 9.17) is 15.2 Å². The zero-order valence-electron chi connectivity index (χ0n) is 14.8. The highest BCUT2D eigenvalue weighted by Gasteiger charge is 2.24. The standard InChI is InChI=1S/C18H21N3O4S/c1-24-14-7-11-3-5-21(9-12(11)8-15(14)25-2)10-16(22)20-18-13(17(19)23)4-6-26-18/h4,6-8H,3,5,9-10H2,1-2H3,(H2,19,23)(H,20,22)/p+1. The number of ether oxygens (including phenoxy) is 2. The molecule has 7 nitrogen and oxygen atoms in total. The van der Waals surface area contributed by atoms with Crippen LogP contribution in [0.3, 0.4) is 0 Å². The summed E-state index contributed by atoms with van der Waals surface area (Å²) >= 11 is 1.29. The largest absolute Gasteiger partial charge is 0.493 e. The van der Waals surface area contributed by atoms with Crippen LogP contribution in [0.25, 0.3) is 0 Å². The summed E-state index contributed by atoms with van der Waals surface area (Å²) in [6, 6.07) is 5.61. The molecule has 0 saturated carbocycles. The average Bonchev–Trinajstić information content (AvgIpc) is 3.08. The van der Waals surface area contributed by atoms with E-state index in [1.807, 2.05) is 12.1 Å². The normalized spacial score (nSPS) is 15.8. The van der Waals surface area contributed by atoms with Crippen LogP contribution in [0.5, 0.6) is 11.5 Å². The number of hydrogen-bond donors (Lipinski definition) is 3. The Morgan fingerprint density at radius 3 is 2.58 bits per heavy atom. The topological polar surface area (TPSA) is 95.1 Å². The monoisotopic (exact) mass is 376 g/mol. The van der Waals surface area contributed by atoms with Crippen LogP contribution in [-0.2, 0) is 17.8 Å². The van der Waals surface area contributed by atoms with Crippen molar-refractivity contribution in [1.82, 2.24) is 0 Å². The van der Waals surface area contributed by atoms with Crippen molar-refractivity contribution in [2.45, 2.75) is 13.0 Å². The Kier molecular flexibility index (Phi) is 5.43. The van der Waals surface area contributed by atoms with E-state index in [-0.39, 0.29) is 5.91 Å². The van der Waals surface area contributed by atoms with Crippen molar-refractivity contribution in [3.05, 3.63) is 40.3 Å². The highest BCUT2D eigenvalue weighted by atomic mass is 32.1. The van der Waals surface area contributed by atoms with Gasteiger partial charge >= 0.3 is 0 Å². The number of rotatable bonds is 6. The number of quaternary nitrogens is 1. The molecule has 1 aliphatic rings. The second kappa shape index (κ2) is 7.76. The molecule has 0 saturated heterocycles. The molecule has 1 aromatic heterocycles. The third-order valence-electron chi connectivity index (χ3n) is 4.49. The highest BCUT2D eigenvalue weighted by Crippen LogP contribution is 2.31. The maximum absolute atomic E-state index is 12.4. The summed E-state index contributed by atoms with van der Waals surface area (Å²) in [5.74, 6) is 0.751. The van der Waals surface area contributed by atoms with Crippen molar-refractivity contribution >= 4 is 28.2 Å². The minimum atomic E-state index is -0.540. The van der Waals surface area contributed by atoms with Gasteiger partial charge in [0.15, 0.2) is 18.0 Å². The van der Waals surface area contributed by atoms with E-state index >= 15 is 0 Å². The molecule has 1 aliphatic heterocycles. The van der Waals surface area contributed by atoms with E-state index in [1.165, 1.54) is 16.9 Å². The zero-order chi connectivity index (χ0) is 18.7. The molecule has 138 valence electrons. The molecule has 8 heteroatoms. The number of amides is 2. The van der Waals surface area contributed by atoms with Crippen molar-refractivity contribution in [3.8, 4) is 11.5 Å². The number of hydrogen-bond acceptors (Lipinski definition) is 5. The minimum absolute atomic E-state index is 0.131. The number of nitrogens with one attached hydrogen (secondary N) is 2. The van der Waals surface area contributed by atoms with Crippen molar-refractivity contribution in [3.63, 3.8) is 0 Å². The first-order chi connectivity index (χ1) is 12.5. The Labute approximate surface area is 155 Å². The highest BCUT2D eigenvalue weighted by molar-refractivity contribution is 7.14. The summed E-state index contributed by atoms with van der Waals surface area (Å²) in [4.78, 5) is 24.9. The van der Waals surface area contributed by atoms with Gasteiger partial charge in [0.05, 0.1) is 26.3 Å². The summed E-state index contributed by atoms with van der Waals surface area (Å²) in [5, 5.41) is 5.04. The average molecular weight is 376 g/mol. The van der Waals surface area contributed by atoms with Gasteiger partial charge in [-0.15, -0.1) is 11.3 Å². The fraction of sp³-hybridized carbons (Fsp3) is 0.333. The molecule has 2 heterocycles. The van der Waals surface area contributed by atoms with Gasteiger partial charge in [0.1, 0.15) is 11.5 Å². The van der Waals surface area contributed by atoms with Crippen molar-refractivity contribution in [2.75, 3.05) is 32.6 Å². The minimum Gasteiger partial charge on any atom is -0.493 e. The maximum Gasteiger partial charge on any atom is 0.280 e. The number of carbonyl (C=O) groups is 2. The molecule has 1 atom stereocenters. The fourth-order valence-electron chi connectivity index (χ4n) is 3.18. The summed E-state index contributed by atoms with van der Waals surface area (Å²) in [7, 11) is 3.24. The lowest BCUT2D eigenvalue weighted by molar-refractivity contribution is -0.907. The van der Waals surface area contributed by atoms with Crippen LogP contribution in [0.15, 0.2) is 23.6 Å². The number of thiophene rings is 1. The Hall–Kier alpha value is -2.58. The number of fused-ring (bicyclic) bond motifs is 1. The van der Waals surface area contributed by atoms with Gasteiger partial charge in [-0.25, -0.2) is 0 Å². The van der Waals surface area contributed by atoms with Gasteiger partial charge < -0.3 is 25.4 Å². The molecule has 0 spiro atoms. The van der Waals surface area contributed by atoms with Gasteiger partial charge in [0, 0.05) is 12.0 Å². The van der Waals surface area contributed by atoms with Crippen LogP contribution in [0.4, 0.5) is 5.00 Å². The first kappa shape index (κ1) is 18.2. The molecule has 1 unspecified atom stereocenters. The van der Waals surface area contributed by atoms with Crippen molar-refractivity contribution < 1.29 is 24.0 Å². The first-order valence-corrected chi connectivity index (χ1v) is 9.14. The zero-order valence-corrected chi connectivity index (χ0v) is 15.6. The molecular formula is C18H22N3O4S+. The number of carbonyl (C=O) groups excluding carboxylic acids is 2. The van der Waals surface area contributed by atoms with Crippen molar-refractivity contribution in [2.24, 2.45) is 5.73 Å². The van der Waals surface area contributed by atoms with Crippen LogP contribution in [-0.4, -0.2) is 39.1 Å². The molecule has 2 amide bonds. The Morgan fingerprint density at radius 2 is 1.92 bits per heavy atom. The molecule has 1 aromatic carbocycles. The van der Waals surface area contributed by atoms with Gasteiger partial charge in [-0.1, -0.05) is 0 Å². The number of benzene rings is 1. The number of primary amides is 1. The smallest absolute Gasteiger partial charge is 0.280 e. The van der Waals surface area contributed by atoms with Gasteiger partial charge in [-0.05, 0) is 29.1 Å². The quantitative estimate of drug-likeness (QED) is 0.682. The lowest BCUT2D eigenvalue weighted by Gasteiger charge is -2.26. The second-order valence-corrected chi connectivity index (χ2v) is 7.07. The summed E-state index contributed by atoms with van der Waals surface area (Å²) in [6.45, 7) is 1.91. The molecule has 4 N–H and O–H groups in total. The van der Waals surface area contributed by atoms with E-state index in [0.29, 0.717) is 22.9 Å². The number of nitrogens with two attached hydrogens (primary N) is 1. The van der Waals surface area contributed by atoms with E-state index in [1.54, 1.807) is 25.7 Å². The summed E-state index contributed by atoms with van der Waals surface area (Å²) in [5.41, 5.74) is 8.04. The van der Waals surface area contributed by atoms with Crippen LogP contribution in [0, 0.1) is 0 Å². The van der Waals surface area contributed by atoms with Crippen molar-refractivity contribution in [1.29, 1.82) is 0 Å². The molecule has 2 aromatic rings. The molecule has 0 fully saturated rings. The first-order valence-electron chi connectivity index (χ1n) is 8.26. The SMILES string of the molecule is COc1cc2c(cc1OC)C[NH+](CC(=O)Nc1sccc1C(N)=O)CC2. The van der Waals surface area contributed by atoms with Gasteiger partial charge in [0.2, 0.25) is 0 Å². The fourth-order valence-corrected chi connectivity index (χ4v) is 3.99. The Morgan fingerprint density at radius 1 is 1.23 bits per heavy atom. The Balaban J connectivity index is 1.66. The van der Waals surface area contributed by atoms with E-state index in [9.17, 15) is 9.59 Å². The number of anilines is 1. The number of methoxy groups -OCH3 is 2. The summed E-state index contributed by atoms with van der Waals surface area (Å²) < 4.78 is 10.7. The van der Waals surface area contributed by atoms with Crippen LogP contribution >= 0.6 is 11.3 Å². The van der Waals surface area contributed by atoms with Gasteiger partial charge in [-0.3, -0.25) is 9.59 Å². The third-order valence-corrected chi connectivity index (χ3v) is 5.32. The predicted octanol–water partition coefficient (Wildman–Crippen LogP) is 0.444. The summed E-state index contributed by atoms with van der Waals surface area (Å²) in [6.07, 6.45) is 0.865. The van der Waals surface area contributed by atoms with Crippen LogP contribution in [0.2, 0.25) is 0 Å². The molecule has 26 heavy (non-hydrogen) atoms. The predicted molar refractivity (Wildman–Crippen MR) is 99.1 cm³/mol. The molecule has 0 bridgehead atoms. The van der Waals surface area contributed by atoms with Gasteiger partial charge in [-0.2, -0.15) is 0 Å². The van der Waals surface area contributed by atoms with E-state index < -0.39 is 5.91 Å². The van der Waals surface area contributed by atoms with Crippen LogP contribution < -0.4 is 25.4 Å². The van der Waals surface area contributed by atoms with Crippen LogP contribution in [0.1, 0.15) is 21.5 Å². The Bertz CT molecular complexity index is 834. The molecule has 0 radical (unpaired) electrons. The molecule has 0 aliphatic carbocycles.